The van der Waals surface area contributed by atoms with E-state index in [9.17, 15) is 9.90 Å². The first kappa shape index (κ1) is 12.4. The Labute approximate surface area is 105 Å². The summed E-state index contributed by atoms with van der Waals surface area (Å²) in [5, 5.41) is 10.1. The van der Waals surface area contributed by atoms with Crippen LogP contribution in [0.4, 0.5) is 0 Å². The predicted molar refractivity (Wildman–Crippen MR) is 69.1 cm³/mol. The van der Waals surface area contributed by atoms with Gasteiger partial charge in [-0.15, -0.1) is 0 Å². The minimum atomic E-state index is -1.01. The van der Waals surface area contributed by atoms with Crippen LogP contribution in [0.15, 0.2) is 24.3 Å². The summed E-state index contributed by atoms with van der Waals surface area (Å²) in [5.74, 6) is -0.623. The van der Waals surface area contributed by atoms with Crippen molar-refractivity contribution < 1.29 is 14.6 Å². The second kappa shape index (κ2) is 4.70. The van der Waals surface area contributed by atoms with Gasteiger partial charge in [0.2, 0.25) is 0 Å². The van der Waals surface area contributed by atoms with Gasteiger partial charge in [0.05, 0.1) is 12.6 Å². The van der Waals surface area contributed by atoms with Gasteiger partial charge in [-0.05, 0) is 19.1 Å². The van der Waals surface area contributed by atoms with Gasteiger partial charge in [0.15, 0.2) is 11.4 Å². The van der Waals surface area contributed by atoms with E-state index in [1.54, 1.807) is 4.57 Å². The average molecular weight is 248 g/mol. The summed E-state index contributed by atoms with van der Waals surface area (Å²) >= 11 is 0. The summed E-state index contributed by atoms with van der Waals surface area (Å²) in [4.78, 5) is 11.4. The molecule has 0 bridgehead atoms. The van der Waals surface area contributed by atoms with Crippen molar-refractivity contribution in [3.05, 3.63) is 30.0 Å². The Morgan fingerprint density at radius 1 is 1.50 bits per heavy atom. The minimum Gasteiger partial charge on any atom is -0.494 e. The smallest absolute Gasteiger partial charge is 0.356 e. The van der Waals surface area contributed by atoms with E-state index in [0.29, 0.717) is 12.3 Å². The molecule has 0 aliphatic heterocycles. The largest absolute Gasteiger partial charge is 0.494 e. The van der Waals surface area contributed by atoms with E-state index in [-0.39, 0.29) is 11.7 Å². The Balaban J connectivity index is 2.78. The maximum atomic E-state index is 11.4. The zero-order valence-electron chi connectivity index (χ0n) is 10.4. The molecule has 1 atom stereocenters. The molecule has 0 radical (unpaired) electrons. The summed E-state index contributed by atoms with van der Waals surface area (Å²) in [6.45, 7) is 2.28. The van der Waals surface area contributed by atoms with Gasteiger partial charge in [-0.1, -0.05) is 12.1 Å². The number of ether oxygens (including phenoxy) is 1. The number of nitrogens with zero attached hydrogens (tertiary/aromatic N) is 1. The van der Waals surface area contributed by atoms with Crippen LogP contribution < -0.4 is 10.5 Å². The molecule has 0 saturated heterocycles. The van der Waals surface area contributed by atoms with Crippen LogP contribution in [0.2, 0.25) is 0 Å². The fourth-order valence-corrected chi connectivity index (χ4v) is 2.17. The number of rotatable bonds is 4. The highest BCUT2D eigenvalue weighted by Gasteiger charge is 2.23. The zero-order chi connectivity index (χ0) is 13.3. The molecule has 0 saturated carbocycles. The molecule has 2 aromatic rings. The molecular weight excluding hydrogens is 232 g/mol. The number of fused-ring (bicyclic) bond motifs is 1. The van der Waals surface area contributed by atoms with E-state index in [1.807, 2.05) is 31.2 Å². The van der Waals surface area contributed by atoms with Crippen molar-refractivity contribution in [2.75, 3.05) is 7.11 Å². The fraction of sp³-hybridized carbons (Fsp3) is 0.308. The molecule has 5 heteroatoms. The molecule has 0 aliphatic rings. The van der Waals surface area contributed by atoms with Gasteiger partial charge >= 0.3 is 5.97 Å². The van der Waals surface area contributed by atoms with Gasteiger partial charge in [-0.3, -0.25) is 0 Å². The van der Waals surface area contributed by atoms with E-state index < -0.39 is 5.97 Å². The number of carboxylic acids is 1. The Hall–Kier alpha value is -2.01. The highest BCUT2D eigenvalue weighted by molar-refractivity contribution is 6.01. The molecule has 96 valence electrons. The van der Waals surface area contributed by atoms with E-state index in [2.05, 4.69) is 0 Å². The molecule has 0 aliphatic carbocycles. The Bertz CT molecular complexity index is 587. The molecule has 0 amide bonds. The topological polar surface area (TPSA) is 77.5 Å². The van der Waals surface area contributed by atoms with Crippen molar-refractivity contribution in [1.82, 2.24) is 4.57 Å². The fourth-order valence-electron chi connectivity index (χ4n) is 2.17. The van der Waals surface area contributed by atoms with E-state index in [0.717, 1.165) is 10.9 Å². The van der Waals surface area contributed by atoms with Crippen LogP contribution in [0.3, 0.4) is 0 Å². The summed E-state index contributed by atoms with van der Waals surface area (Å²) in [6, 6.07) is 7.30. The Morgan fingerprint density at radius 3 is 2.72 bits per heavy atom. The monoisotopic (exact) mass is 248 g/mol. The predicted octanol–water partition coefficient (Wildman–Crippen LogP) is 1.70. The molecule has 0 spiro atoms. The Morgan fingerprint density at radius 2 is 2.17 bits per heavy atom. The number of benzene rings is 1. The van der Waals surface area contributed by atoms with E-state index in [1.165, 1.54) is 7.11 Å². The molecule has 3 N–H and O–H groups in total. The van der Waals surface area contributed by atoms with Gasteiger partial charge < -0.3 is 20.1 Å². The molecule has 1 aromatic heterocycles. The van der Waals surface area contributed by atoms with Crippen molar-refractivity contribution in [1.29, 1.82) is 0 Å². The van der Waals surface area contributed by atoms with Crippen LogP contribution in [0.5, 0.6) is 5.75 Å². The standard InChI is InChI=1S/C13H16N2O3/c1-8(14)7-15-10-6-4-3-5-9(10)12(18-2)11(15)13(16)17/h3-6,8H,7,14H2,1-2H3,(H,16,17). The first-order chi connectivity index (χ1) is 8.56. The van der Waals surface area contributed by atoms with E-state index in [4.69, 9.17) is 10.5 Å². The molecule has 1 unspecified atom stereocenters. The average Bonchev–Trinajstić information content (AvgIpc) is 2.63. The van der Waals surface area contributed by atoms with Crippen molar-refractivity contribution in [3.8, 4) is 5.75 Å². The number of aromatic carboxylic acids is 1. The third-order valence-corrected chi connectivity index (χ3v) is 2.80. The molecule has 5 nitrogen and oxygen atoms in total. The van der Waals surface area contributed by atoms with Crippen LogP contribution in [0.1, 0.15) is 17.4 Å². The molecule has 2 rings (SSSR count). The first-order valence-corrected chi connectivity index (χ1v) is 5.70. The van der Waals surface area contributed by atoms with Crippen LogP contribution in [0.25, 0.3) is 10.9 Å². The summed E-state index contributed by atoms with van der Waals surface area (Å²) < 4.78 is 6.94. The van der Waals surface area contributed by atoms with Gasteiger partial charge in [0.1, 0.15) is 0 Å². The summed E-state index contributed by atoms with van der Waals surface area (Å²) in [7, 11) is 1.48. The molecule has 0 fully saturated rings. The third kappa shape index (κ3) is 1.93. The van der Waals surface area contributed by atoms with Crippen molar-refractivity contribution in [3.63, 3.8) is 0 Å². The number of carbonyl (C=O) groups is 1. The lowest BCUT2D eigenvalue weighted by Gasteiger charge is -2.11. The van der Waals surface area contributed by atoms with E-state index >= 15 is 0 Å². The lowest BCUT2D eigenvalue weighted by molar-refractivity contribution is 0.0681. The van der Waals surface area contributed by atoms with Crippen molar-refractivity contribution in [2.45, 2.75) is 19.5 Å². The minimum absolute atomic E-state index is 0.136. The maximum absolute atomic E-state index is 11.4. The number of para-hydroxylation sites is 1. The van der Waals surface area contributed by atoms with Crippen LogP contribution in [0, 0.1) is 0 Å². The van der Waals surface area contributed by atoms with Gasteiger partial charge in [0.25, 0.3) is 0 Å². The number of hydrogen-bond acceptors (Lipinski definition) is 3. The van der Waals surface area contributed by atoms with Crippen LogP contribution in [-0.4, -0.2) is 28.8 Å². The molecule has 1 heterocycles. The van der Waals surface area contributed by atoms with Crippen LogP contribution in [-0.2, 0) is 6.54 Å². The second-order valence-electron chi connectivity index (χ2n) is 4.29. The normalized spacial score (nSPS) is 12.6. The third-order valence-electron chi connectivity index (χ3n) is 2.80. The first-order valence-electron chi connectivity index (χ1n) is 5.70. The Kier molecular flexibility index (Phi) is 3.25. The number of methoxy groups -OCH3 is 1. The van der Waals surface area contributed by atoms with Crippen molar-refractivity contribution in [2.24, 2.45) is 5.73 Å². The summed E-state index contributed by atoms with van der Waals surface area (Å²) in [6.07, 6.45) is 0. The van der Waals surface area contributed by atoms with Crippen LogP contribution >= 0.6 is 0 Å². The lowest BCUT2D eigenvalue weighted by Crippen LogP contribution is -2.24. The summed E-state index contributed by atoms with van der Waals surface area (Å²) in [5.41, 5.74) is 6.75. The highest BCUT2D eigenvalue weighted by Crippen LogP contribution is 2.33. The SMILES string of the molecule is COc1c(C(=O)O)n(CC(C)N)c2ccccc12. The lowest BCUT2D eigenvalue weighted by atomic mass is 10.2. The molecule has 18 heavy (non-hydrogen) atoms. The molecule has 1 aromatic carbocycles. The number of carboxylic acid groups (broad SMARTS) is 1. The van der Waals surface area contributed by atoms with Gasteiger partial charge in [-0.2, -0.15) is 0 Å². The number of nitrogens with two attached hydrogens (primary N) is 1. The quantitative estimate of drug-likeness (QED) is 0.863. The van der Waals surface area contributed by atoms with Crippen molar-refractivity contribution >= 4 is 16.9 Å². The number of hydrogen-bond donors (Lipinski definition) is 2. The second-order valence-corrected chi connectivity index (χ2v) is 4.29. The highest BCUT2D eigenvalue weighted by atomic mass is 16.5. The number of aromatic nitrogens is 1. The molecular formula is C13H16N2O3. The van der Waals surface area contributed by atoms with Gasteiger partial charge in [-0.25, -0.2) is 4.79 Å². The maximum Gasteiger partial charge on any atom is 0.356 e. The van der Waals surface area contributed by atoms with Gasteiger partial charge in [0, 0.05) is 18.0 Å². The zero-order valence-corrected chi connectivity index (χ0v) is 10.4.